The Morgan fingerprint density at radius 2 is 1.93 bits per heavy atom. The number of nitrogens with zero attached hydrogens (tertiary/aromatic N) is 2. The number of aryl methyl sites for hydroxylation is 1. The number of anilines is 1. The highest BCUT2D eigenvalue weighted by molar-refractivity contribution is 9.10. The first-order valence-corrected chi connectivity index (χ1v) is 9.80. The summed E-state index contributed by atoms with van der Waals surface area (Å²) in [7, 11) is 0. The number of hydrogen-bond donors (Lipinski definition) is 2. The quantitative estimate of drug-likeness (QED) is 0.647. The zero-order valence-corrected chi connectivity index (χ0v) is 18.0. The van der Waals surface area contributed by atoms with Gasteiger partial charge in [0.2, 0.25) is 5.91 Å². The van der Waals surface area contributed by atoms with Gasteiger partial charge >= 0.3 is 5.97 Å². The van der Waals surface area contributed by atoms with Gasteiger partial charge in [0.1, 0.15) is 11.0 Å². The summed E-state index contributed by atoms with van der Waals surface area (Å²) in [5.74, 6) is -1.68. The zero-order chi connectivity index (χ0) is 20.5. The fourth-order valence-corrected chi connectivity index (χ4v) is 3.69. The predicted octanol–water partition coefficient (Wildman–Crippen LogP) is 3.19. The summed E-state index contributed by atoms with van der Waals surface area (Å²) >= 11 is 4.31. The van der Waals surface area contributed by atoms with Crippen LogP contribution in [0.3, 0.4) is 0 Å². The number of ether oxygens (including phenoxy) is 1. The van der Waals surface area contributed by atoms with Gasteiger partial charge in [-0.3, -0.25) is 14.3 Å². The molecule has 10 heteroatoms. The fourth-order valence-electron chi connectivity index (χ4n) is 2.35. The molecule has 3 N–H and O–H groups in total. The standard InChI is InChI=1S/C17H21BrN4O4S/c1-7(2)26-17(25)12-8(3)13(14(19)23)27-16(12)20-15(24)10(5)22-6-11(18)9(4)21-22/h6-7,10H,1-5H3,(H2,19,23)(H,20,24). The highest BCUT2D eigenvalue weighted by Gasteiger charge is 2.28. The smallest absolute Gasteiger partial charge is 0.341 e. The third-order valence-corrected chi connectivity index (χ3v) is 5.79. The second kappa shape index (κ2) is 8.22. The van der Waals surface area contributed by atoms with Gasteiger partial charge in [-0.1, -0.05) is 0 Å². The SMILES string of the molecule is Cc1nn(C(C)C(=O)Nc2sc(C(N)=O)c(C)c2C(=O)OC(C)C)cc1Br. The van der Waals surface area contributed by atoms with Crippen molar-refractivity contribution < 1.29 is 19.1 Å². The maximum Gasteiger partial charge on any atom is 0.341 e. The van der Waals surface area contributed by atoms with Gasteiger partial charge in [-0.05, 0) is 56.1 Å². The van der Waals surface area contributed by atoms with Crippen molar-refractivity contribution in [3.63, 3.8) is 0 Å². The average Bonchev–Trinajstić information content (AvgIpc) is 3.06. The topological polar surface area (TPSA) is 116 Å². The average molecular weight is 457 g/mol. The Balaban J connectivity index is 2.36. The summed E-state index contributed by atoms with van der Waals surface area (Å²) in [4.78, 5) is 37.0. The normalized spacial score (nSPS) is 12.1. The third-order valence-electron chi connectivity index (χ3n) is 3.79. The van der Waals surface area contributed by atoms with Gasteiger partial charge in [-0.15, -0.1) is 11.3 Å². The van der Waals surface area contributed by atoms with E-state index in [1.807, 2.05) is 6.92 Å². The van der Waals surface area contributed by atoms with Crippen LogP contribution in [0.2, 0.25) is 0 Å². The van der Waals surface area contributed by atoms with E-state index < -0.39 is 17.9 Å². The number of hydrogen-bond acceptors (Lipinski definition) is 6. The molecule has 1 atom stereocenters. The molecule has 2 aromatic heterocycles. The van der Waals surface area contributed by atoms with Crippen molar-refractivity contribution >= 4 is 50.1 Å². The summed E-state index contributed by atoms with van der Waals surface area (Å²) < 4.78 is 7.53. The van der Waals surface area contributed by atoms with Crippen LogP contribution < -0.4 is 11.1 Å². The van der Waals surface area contributed by atoms with Gasteiger partial charge in [0.25, 0.3) is 5.91 Å². The number of amides is 2. The van der Waals surface area contributed by atoms with Crippen molar-refractivity contribution in [1.82, 2.24) is 9.78 Å². The monoisotopic (exact) mass is 456 g/mol. The van der Waals surface area contributed by atoms with E-state index in [0.717, 1.165) is 21.5 Å². The summed E-state index contributed by atoms with van der Waals surface area (Å²) in [6, 6.07) is -0.636. The van der Waals surface area contributed by atoms with Crippen LogP contribution in [0.5, 0.6) is 0 Å². The van der Waals surface area contributed by atoms with Gasteiger partial charge in [0.05, 0.1) is 26.7 Å². The summed E-state index contributed by atoms with van der Waals surface area (Å²) in [6.07, 6.45) is 1.35. The van der Waals surface area contributed by atoms with Crippen molar-refractivity contribution in [2.45, 2.75) is 46.8 Å². The van der Waals surface area contributed by atoms with Crippen molar-refractivity contribution in [2.75, 3.05) is 5.32 Å². The van der Waals surface area contributed by atoms with Gasteiger partial charge < -0.3 is 15.8 Å². The molecule has 2 heterocycles. The summed E-state index contributed by atoms with van der Waals surface area (Å²) in [6.45, 7) is 8.52. The Bertz CT molecular complexity index is 884. The first-order chi connectivity index (χ1) is 12.5. The van der Waals surface area contributed by atoms with Crippen LogP contribution in [0, 0.1) is 13.8 Å². The second-order valence-electron chi connectivity index (χ2n) is 6.29. The van der Waals surface area contributed by atoms with E-state index in [1.54, 1.807) is 33.9 Å². The lowest BCUT2D eigenvalue weighted by Crippen LogP contribution is -2.25. The van der Waals surface area contributed by atoms with E-state index in [9.17, 15) is 14.4 Å². The van der Waals surface area contributed by atoms with Gasteiger partial charge in [0.15, 0.2) is 0 Å². The summed E-state index contributed by atoms with van der Waals surface area (Å²) in [5, 5.41) is 7.20. The molecule has 2 aromatic rings. The molecular formula is C17H21BrN4O4S. The van der Waals surface area contributed by atoms with Crippen LogP contribution in [0.15, 0.2) is 10.7 Å². The molecular weight excluding hydrogens is 436 g/mol. The van der Waals surface area contributed by atoms with E-state index >= 15 is 0 Å². The second-order valence-corrected chi connectivity index (χ2v) is 8.16. The predicted molar refractivity (Wildman–Crippen MR) is 106 cm³/mol. The molecule has 0 aliphatic carbocycles. The lowest BCUT2D eigenvalue weighted by molar-refractivity contribution is -0.119. The minimum atomic E-state index is -0.670. The van der Waals surface area contributed by atoms with E-state index in [-0.39, 0.29) is 27.5 Å². The molecule has 0 fully saturated rings. The number of esters is 1. The number of thiophene rings is 1. The van der Waals surface area contributed by atoms with Gasteiger partial charge in [-0.25, -0.2) is 4.79 Å². The number of primary amides is 1. The first-order valence-electron chi connectivity index (χ1n) is 8.19. The Hall–Kier alpha value is -2.20. The van der Waals surface area contributed by atoms with Crippen LogP contribution in [-0.2, 0) is 9.53 Å². The number of nitrogens with two attached hydrogens (primary N) is 1. The van der Waals surface area contributed by atoms with Crippen molar-refractivity contribution in [2.24, 2.45) is 5.73 Å². The third kappa shape index (κ3) is 4.56. The Kier molecular flexibility index (Phi) is 6.42. The van der Waals surface area contributed by atoms with E-state index in [4.69, 9.17) is 10.5 Å². The summed E-state index contributed by atoms with van der Waals surface area (Å²) in [5.41, 5.74) is 6.66. The van der Waals surface area contributed by atoms with E-state index in [0.29, 0.717) is 5.56 Å². The zero-order valence-electron chi connectivity index (χ0n) is 15.6. The number of rotatable bonds is 6. The van der Waals surface area contributed by atoms with Crippen LogP contribution >= 0.6 is 27.3 Å². The largest absolute Gasteiger partial charge is 0.459 e. The maximum absolute atomic E-state index is 12.7. The fraction of sp³-hybridized carbons (Fsp3) is 0.412. The minimum Gasteiger partial charge on any atom is -0.459 e. The first kappa shape index (κ1) is 21.1. The van der Waals surface area contributed by atoms with E-state index in [1.165, 1.54) is 4.68 Å². The lowest BCUT2D eigenvalue weighted by atomic mass is 10.1. The molecule has 27 heavy (non-hydrogen) atoms. The molecule has 0 aromatic carbocycles. The maximum atomic E-state index is 12.7. The molecule has 0 saturated carbocycles. The van der Waals surface area contributed by atoms with Crippen molar-refractivity contribution in [3.05, 3.63) is 32.4 Å². The van der Waals surface area contributed by atoms with Gasteiger partial charge in [-0.2, -0.15) is 5.10 Å². The Morgan fingerprint density at radius 1 is 1.30 bits per heavy atom. The van der Waals surface area contributed by atoms with Crippen LogP contribution in [0.25, 0.3) is 0 Å². The Morgan fingerprint density at radius 3 is 2.41 bits per heavy atom. The molecule has 2 amide bonds. The van der Waals surface area contributed by atoms with E-state index in [2.05, 4.69) is 26.3 Å². The minimum absolute atomic E-state index is 0.140. The lowest BCUT2D eigenvalue weighted by Gasteiger charge is -2.14. The number of nitrogens with one attached hydrogen (secondary N) is 1. The number of carbonyl (C=O) groups is 3. The molecule has 0 bridgehead atoms. The highest BCUT2D eigenvalue weighted by Crippen LogP contribution is 2.34. The van der Waals surface area contributed by atoms with Crippen LogP contribution in [0.1, 0.15) is 58.1 Å². The number of aromatic nitrogens is 2. The van der Waals surface area contributed by atoms with Crippen molar-refractivity contribution in [1.29, 1.82) is 0 Å². The molecule has 0 aliphatic rings. The highest BCUT2D eigenvalue weighted by atomic mass is 79.9. The molecule has 0 radical (unpaired) electrons. The Labute approximate surface area is 169 Å². The number of halogens is 1. The molecule has 2 rings (SSSR count). The molecule has 1 unspecified atom stereocenters. The van der Waals surface area contributed by atoms with Gasteiger partial charge in [0, 0.05) is 6.20 Å². The van der Waals surface area contributed by atoms with Crippen LogP contribution in [0.4, 0.5) is 5.00 Å². The van der Waals surface area contributed by atoms with Crippen molar-refractivity contribution in [3.8, 4) is 0 Å². The molecule has 146 valence electrons. The number of carbonyl (C=O) groups excluding carboxylic acids is 3. The molecule has 0 saturated heterocycles. The molecule has 8 nitrogen and oxygen atoms in total. The molecule has 0 aliphatic heterocycles. The van der Waals surface area contributed by atoms with Crippen LogP contribution in [-0.4, -0.2) is 33.7 Å². The molecule has 0 spiro atoms.